The Morgan fingerprint density at radius 3 is 3.18 bits per heavy atom. The summed E-state index contributed by atoms with van der Waals surface area (Å²) in [5.41, 5.74) is 7.53. The number of nitrogens with two attached hydrogens (primary N) is 1. The monoisotopic (exact) mass is 235 g/mol. The Morgan fingerprint density at radius 2 is 2.41 bits per heavy atom. The van der Waals surface area contributed by atoms with Crippen LogP contribution in [0.5, 0.6) is 5.75 Å². The second kappa shape index (κ2) is 5.08. The van der Waals surface area contributed by atoms with E-state index in [4.69, 9.17) is 15.2 Å². The number of fused-ring (bicyclic) bond motifs is 1. The van der Waals surface area contributed by atoms with E-state index in [2.05, 4.69) is 0 Å². The fraction of sp³-hybridized carbons (Fsp3) is 0.462. The summed E-state index contributed by atoms with van der Waals surface area (Å²) >= 11 is 0. The molecule has 0 saturated carbocycles. The number of hydrogen-bond acceptors (Lipinski definition) is 4. The minimum Gasteiger partial charge on any atom is -0.493 e. The maximum atomic E-state index is 11.4. The lowest BCUT2D eigenvalue weighted by Gasteiger charge is -2.24. The molecular formula is C13H17NO3. The molecule has 0 fully saturated rings. The van der Waals surface area contributed by atoms with Gasteiger partial charge in [0.15, 0.2) is 0 Å². The van der Waals surface area contributed by atoms with Gasteiger partial charge in [-0.1, -0.05) is 0 Å². The van der Waals surface area contributed by atoms with Crippen LogP contribution in [0.2, 0.25) is 0 Å². The zero-order valence-electron chi connectivity index (χ0n) is 9.94. The number of carbonyl (C=O) groups excluding carboxylic acids is 1. The van der Waals surface area contributed by atoms with Crippen molar-refractivity contribution in [3.05, 3.63) is 23.8 Å². The van der Waals surface area contributed by atoms with Gasteiger partial charge in [0, 0.05) is 11.6 Å². The maximum Gasteiger partial charge on any atom is 0.306 e. The van der Waals surface area contributed by atoms with E-state index in [1.54, 1.807) is 0 Å². The molecule has 0 radical (unpaired) electrons. The van der Waals surface area contributed by atoms with Crippen LogP contribution < -0.4 is 10.5 Å². The number of esters is 1. The molecular weight excluding hydrogens is 218 g/mol. The highest BCUT2D eigenvalue weighted by molar-refractivity contribution is 5.69. The fourth-order valence-electron chi connectivity index (χ4n) is 2.06. The van der Waals surface area contributed by atoms with Crippen molar-refractivity contribution in [1.82, 2.24) is 0 Å². The van der Waals surface area contributed by atoms with Crippen LogP contribution in [-0.4, -0.2) is 19.2 Å². The lowest BCUT2D eigenvalue weighted by Crippen LogP contribution is -2.24. The Balaban J connectivity index is 2.00. The highest BCUT2D eigenvalue weighted by atomic mass is 16.5. The smallest absolute Gasteiger partial charge is 0.306 e. The Labute approximate surface area is 101 Å². The molecule has 1 aliphatic heterocycles. The van der Waals surface area contributed by atoms with Gasteiger partial charge >= 0.3 is 5.97 Å². The summed E-state index contributed by atoms with van der Waals surface area (Å²) in [5.74, 6) is 0.899. The zero-order chi connectivity index (χ0) is 12.3. The molecule has 0 amide bonds. The molecule has 1 aromatic rings. The van der Waals surface area contributed by atoms with E-state index in [1.807, 2.05) is 25.1 Å². The van der Waals surface area contributed by atoms with Crippen LogP contribution >= 0.6 is 0 Å². The van der Waals surface area contributed by atoms with Crippen LogP contribution in [0.3, 0.4) is 0 Å². The van der Waals surface area contributed by atoms with Crippen molar-refractivity contribution >= 4 is 11.7 Å². The van der Waals surface area contributed by atoms with Crippen molar-refractivity contribution in [3.63, 3.8) is 0 Å². The van der Waals surface area contributed by atoms with Crippen molar-refractivity contribution in [2.75, 3.05) is 18.9 Å². The van der Waals surface area contributed by atoms with Crippen molar-refractivity contribution in [2.24, 2.45) is 5.92 Å². The van der Waals surface area contributed by atoms with Crippen LogP contribution in [-0.2, 0) is 16.0 Å². The molecule has 1 aliphatic rings. The summed E-state index contributed by atoms with van der Waals surface area (Å²) < 4.78 is 10.5. The van der Waals surface area contributed by atoms with E-state index < -0.39 is 0 Å². The molecule has 1 heterocycles. The molecule has 0 aliphatic carbocycles. The van der Waals surface area contributed by atoms with Crippen molar-refractivity contribution in [3.8, 4) is 5.75 Å². The minimum absolute atomic E-state index is 0.159. The Hall–Kier alpha value is -1.71. The summed E-state index contributed by atoms with van der Waals surface area (Å²) in [6.45, 7) is 2.80. The first kappa shape index (κ1) is 11.8. The lowest BCUT2D eigenvalue weighted by molar-refractivity contribution is -0.144. The standard InChI is InChI=1S/C13H17NO3/c1-2-16-13(15)6-9-5-10-7-11(14)3-4-12(10)17-8-9/h3-4,7,9H,2,5-6,8,14H2,1H3. The number of nitrogen functional groups attached to an aromatic ring is 1. The number of carbonyl (C=O) groups is 1. The van der Waals surface area contributed by atoms with Gasteiger partial charge in [0.05, 0.1) is 19.6 Å². The molecule has 2 rings (SSSR count). The SMILES string of the molecule is CCOC(=O)CC1COc2ccc(N)cc2C1. The van der Waals surface area contributed by atoms with Crippen LogP contribution in [0.25, 0.3) is 0 Å². The van der Waals surface area contributed by atoms with Crippen LogP contribution in [0.15, 0.2) is 18.2 Å². The van der Waals surface area contributed by atoms with Gasteiger partial charge in [-0.15, -0.1) is 0 Å². The van der Waals surface area contributed by atoms with E-state index in [9.17, 15) is 4.79 Å². The summed E-state index contributed by atoms with van der Waals surface area (Å²) in [5, 5.41) is 0. The second-order valence-corrected chi connectivity index (χ2v) is 4.26. The van der Waals surface area contributed by atoms with Crippen molar-refractivity contribution in [2.45, 2.75) is 19.8 Å². The molecule has 0 spiro atoms. The Bertz CT molecular complexity index is 417. The van der Waals surface area contributed by atoms with Gasteiger partial charge < -0.3 is 15.2 Å². The molecule has 0 aromatic heterocycles. The highest BCUT2D eigenvalue weighted by Gasteiger charge is 2.22. The predicted molar refractivity (Wildman–Crippen MR) is 64.8 cm³/mol. The third-order valence-corrected chi connectivity index (χ3v) is 2.83. The topological polar surface area (TPSA) is 61.5 Å². The normalized spacial score (nSPS) is 18.1. The van der Waals surface area contributed by atoms with Crippen LogP contribution in [0.4, 0.5) is 5.69 Å². The third kappa shape index (κ3) is 2.90. The zero-order valence-corrected chi connectivity index (χ0v) is 9.94. The Morgan fingerprint density at radius 1 is 1.59 bits per heavy atom. The Kier molecular flexibility index (Phi) is 3.52. The first-order chi connectivity index (χ1) is 8.19. The van der Waals surface area contributed by atoms with Gasteiger partial charge in [-0.3, -0.25) is 4.79 Å². The summed E-state index contributed by atoms with van der Waals surface area (Å²) in [4.78, 5) is 11.4. The van der Waals surface area contributed by atoms with E-state index in [0.29, 0.717) is 19.6 Å². The molecule has 2 N–H and O–H groups in total. The highest BCUT2D eigenvalue weighted by Crippen LogP contribution is 2.30. The van der Waals surface area contributed by atoms with E-state index in [0.717, 1.165) is 23.4 Å². The number of ether oxygens (including phenoxy) is 2. The van der Waals surface area contributed by atoms with E-state index >= 15 is 0 Å². The van der Waals surface area contributed by atoms with Crippen LogP contribution in [0, 0.1) is 5.92 Å². The van der Waals surface area contributed by atoms with Gasteiger partial charge in [-0.05, 0) is 37.1 Å². The molecule has 4 heteroatoms. The number of rotatable bonds is 3. The van der Waals surface area contributed by atoms with Crippen LogP contribution in [0.1, 0.15) is 18.9 Å². The molecule has 1 unspecified atom stereocenters. The largest absolute Gasteiger partial charge is 0.493 e. The number of hydrogen-bond donors (Lipinski definition) is 1. The predicted octanol–water partition coefficient (Wildman–Crippen LogP) is 1.77. The number of benzene rings is 1. The van der Waals surface area contributed by atoms with Gasteiger partial charge in [-0.25, -0.2) is 0 Å². The van der Waals surface area contributed by atoms with Crippen molar-refractivity contribution in [1.29, 1.82) is 0 Å². The van der Waals surface area contributed by atoms with Gasteiger partial charge in [-0.2, -0.15) is 0 Å². The fourth-order valence-corrected chi connectivity index (χ4v) is 2.06. The average molecular weight is 235 g/mol. The minimum atomic E-state index is -0.159. The molecule has 17 heavy (non-hydrogen) atoms. The first-order valence-corrected chi connectivity index (χ1v) is 5.86. The first-order valence-electron chi connectivity index (χ1n) is 5.86. The molecule has 92 valence electrons. The second-order valence-electron chi connectivity index (χ2n) is 4.26. The summed E-state index contributed by atoms with van der Waals surface area (Å²) in [6, 6.07) is 5.61. The van der Waals surface area contributed by atoms with Gasteiger partial charge in [0.1, 0.15) is 5.75 Å². The quantitative estimate of drug-likeness (QED) is 0.640. The van der Waals surface area contributed by atoms with Gasteiger partial charge in [0.2, 0.25) is 0 Å². The lowest BCUT2D eigenvalue weighted by atomic mass is 9.94. The maximum absolute atomic E-state index is 11.4. The molecule has 1 aromatic carbocycles. The third-order valence-electron chi connectivity index (χ3n) is 2.83. The molecule has 0 bridgehead atoms. The number of anilines is 1. The average Bonchev–Trinajstić information content (AvgIpc) is 2.28. The van der Waals surface area contributed by atoms with Crippen molar-refractivity contribution < 1.29 is 14.3 Å². The van der Waals surface area contributed by atoms with Gasteiger partial charge in [0.25, 0.3) is 0 Å². The molecule has 0 saturated heterocycles. The summed E-state index contributed by atoms with van der Waals surface area (Å²) in [6.07, 6.45) is 1.22. The summed E-state index contributed by atoms with van der Waals surface area (Å²) in [7, 11) is 0. The molecule has 4 nitrogen and oxygen atoms in total. The van der Waals surface area contributed by atoms with E-state index in [1.165, 1.54) is 0 Å². The molecule has 1 atom stereocenters. The van der Waals surface area contributed by atoms with E-state index in [-0.39, 0.29) is 11.9 Å².